The van der Waals surface area contributed by atoms with Gasteiger partial charge in [-0.1, -0.05) is 0 Å². The second-order valence-corrected chi connectivity index (χ2v) is 5.78. The first-order valence-corrected chi connectivity index (χ1v) is 6.86. The Morgan fingerprint density at radius 1 is 1.29 bits per heavy atom. The maximum absolute atomic E-state index is 12.1. The van der Waals surface area contributed by atoms with Crippen molar-refractivity contribution in [2.75, 3.05) is 18.8 Å². The van der Waals surface area contributed by atoms with Gasteiger partial charge in [0.05, 0.1) is 5.25 Å². The SMILES string of the molecule is CC(Sc1ccc(N)cc1)C(=O)N1CCCC1. The number of likely N-dealkylation sites (tertiary alicyclic amines) is 1. The summed E-state index contributed by atoms with van der Waals surface area (Å²) in [5.41, 5.74) is 6.39. The molecule has 0 saturated carbocycles. The number of anilines is 1. The summed E-state index contributed by atoms with van der Waals surface area (Å²) in [4.78, 5) is 15.2. The summed E-state index contributed by atoms with van der Waals surface area (Å²) >= 11 is 1.60. The minimum Gasteiger partial charge on any atom is -0.399 e. The van der Waals surface area contributed by atoms with Gasteiger partial charge >= 0.3 is 0 Å². The number of nitrogens with zero attached hydrogens (tertiary/aromatic N) is 1. The van der Waals surface area contributed by atoms with Crippen LogP contribution in [0.5, 0.6) is 0 Å². The number of rotatable bonds is 3. The number of nitrogens with two attached hydrogens (primary N) is 1. The van der Waals surface area contributed by atoms with Crippen molar-refractivity contribution in [1.29, 1.82) is 0 Å². The zero-order valence-electron chi connectivity index (χ0n) is 10.1. The lowest BCUT2D eigenvalue weighted by Crippen LogP contribution is -2.33. The quantitative estimate of drug-likeness (QED) is 0.662. The molecule has 1 saturated heterocycles. The van der Waals surface area contributed by atoms with E-state index >= 15 is 0 Å². The molecule has 0 aliphatic carbocycles. The zero-order chi connectivity index (χ0) is 12.3. The lowest BCUT2D eigenvalue weighted by molar-refractivity contribution is -0.129. The van der Waals surface area contributed by atoms with Crippen LogP contribution < -0.4 is 5.73 Å². The molecule has 0 spiro atoms. The molecular weight excluding hydrogens is 232 g/mol. The molecule has 1 aromatic carbocycles. The molecule has 1 aromatic rings. The molecule has 0 bridgehead atoms. The molecule has 0 aromatic heterocycles. The molecule has 1 fully saturated rings. The Balaban J connectivity index is 1.93. The number of thioether (sulfide) groups is 1. The van der Waals surface area contributed by atoms with Crippen molar-refractivity contribution in [3.05, 3.63) is 24.3 Å². The molecule has 1 amide bonds. The molecule has 1 heterocycles. The van der Waals surface area contributed by atoms with Crippen LogP contribution >= 0.6 is 11.8 Å². The summed E-state index contributed by atoms with van der Waals surface area (Å²) < 4.78 is 0. The molecule has 2 N–H and O–H groups in total. The summed E-state index contributed by atoms with van der Waals surface area (Å²) in [5.74, 6) is 0.254. The molecule has 1 unspecified atom stereocenters. The Labute approximate surface area is 106 Å². The van der Waals surface area contributed by atoms with E-state index in [-0.39, 0.29) is 11.2 Å². The molecule has 17 heavy (non-hydrogen) atoms. The number of benzene rings is 1. The number of hydrogen-bond donors (Lipinski definition) is 1. The fourth-order valence-electron chi connectivity index (χ4n) is 2.00. The highest BCUT2D eigenvalue weighted by molar-refractivity contribution is 8.00. The van der Waals surface area contributed by atoms with E-state index in [9.17, 15) is 4.79 Å². The maximum Gasteiger partial charge on any atom is 0.235 e. The van der Waals surface area contributed by atoms with Crippen LogP contribution in [0.3, 0.4) is 0 Å². The third-order valence-electron chi connectivity index (χ3n) is 2.96. The van der Waals surface area contributed by atoms with E-state index in [0.29, 0.717) is 0 Å². The van der Waals surface area contributed by atoms with Gasteiger partial charge in [0.25, 0.3) is 0 Å². The van der Waals surface area contributed by atoms with Crippen molar-refractivity contribution >= 4 is 23.4 Å². The van der Waals surface area contributed by atoms with Gasteiger partial charge in [0, 0.05) is 23.7 Å². The molecule has 92 valence electrons. The standard InChI is InChI=1S/C13H18N2OS/c1-10(13(16)15-8-2-3-9-15)17-12-6-4-11(14)5-7-12/h4-7,10H,2-3,8-9,14H2,1H3. The second kappa shape index (κ2) is 5.45. The van der Waals surface area contributed by atoms with Crippen LogP contribution in [0.25, 0.3) is 0 Å². The smallest absolute Gasteiger partial charge is 0.235 e. The number of amides is 1. The molecular formula is C13H18N2OS. The Morgan fingerprint density at radius 3 is 2.47 bits per heavy atom. The molecule has 1 atom stereocenters. The summed E-state index contributed by atoms with van der Waals surface area (Å²) in [6, 6.07) is 7.67. The summed E-state index contributed by atoms with van der Waals surface area (Å²) in [6.07, 6.45) is 2.29. The Hall–Kier alpha value is -1.16. The van der Waals surface area contributed by atoms with Crippen LogP contribution in [0.15, 0.2) is 29.2 Å². The molecule has 1 aliphatic heterocycles. The van der Waals surface area contributed by atoms with Crippen molar-refractivity contribution in [3.8, 4) is 0 Å². The van der Waals surface area contributed by atoms with Crippen LogP contribution in [0.2, 0.25) is 0 Å². The first-order valence-electron chi connectivity index (χ1n) is 5.98. The topological polar surface area (TPSA) is 46.3 Å². The number of carbonyl (C=O) groups excluding carboxylic acids is 1. The predicted molar refractivity (Wildman–Crippen MR) is 72.0 cm³/mol. The van der Waals surface area contributed by atoms with Crippen LogP contribution in [0.1, 0.15) is 19.8 Å². The minimum atomic E-state index is -0.0169. The van der Waals surface area contributed by atoms with Crippen LogP contribution in [-0.4, -0.2) is 29.1 Å². The predicted octanol–water partition coefficient (Wildman–Crippen LogP) is 2.37. The van der Waals surface area contributed by atoms with E-state index in [4.69, 9.17) is 5.73 Å². The van der Waals surface area contributed by atoms with E-state index < -0.39 is 0 Å². The minimum absolute atomic E-state index is 0.0169. The fourth-order valence-corrected chi connectivity index (χ4v) is 2.95. The third kappa shape index (κ3) is 3.16. The lowest BCUT2D eigenvalue weighted by atomic mass is 10.3. The monoisotopic (exact) mass is 250 g/mol. The largest absolute Gasteiger partial charge is 0.399 e. The van der Waals surface area contributed by atoms with Crippen molar-refractivity contribution in [2.45, 2.75) is 29.9 Å². The second-order valence-electron chi connectivity index (χ2n) is 4.36. The summed E-state index contributed by atoms with van der Waals surface area (Å²) in [6.45, 7) is 3.82. The highest BCUT2D eigenvalue weighted by Crippen LogP contribution is 2.26. The number of nitrogen functional groups attached to an aromatic ring is 1. The first kappa shape index (κ1) is 12.3. The molecule has 3 nitrogen and oxygen atoms in total. The van der Waals surface area contributed by atoms with Crippen molar-refractivity contribution in [1.82, 2.24) is 4.90 Å². The maximum atomic E-state index is 12.1. The van der Waals surface area contributed by atoms with E-state index in [0.717, 1.165) is 36.5 Å². The molecule has 2 rings (SSSR count). The average Bonchev–Trinajstić information content (AvgIpc) is 2.84. The van der Waals surface area contributed by atoms with E-state index in [1.165, 1.54) is 0 Å². The van der Waals surface area contributed by atoms with Gasteiger partial charge in [0.15, 0.2) is 0 Å². The van der Waals surface area contributed by atoms with E-state index in [1.54, 1.807) is 11.8 Å². The molecule has 0 radical (unpaired) electrons. The Bertz CT molecular complexity index is 385. The highest BCUT2D eigenvalue weighted by Gasteiger charge is 2.23. The molecule has 1 aliphatic rings. The van der Waals surface area contributed by atoms with Gasteiger partial charge in [-0.25, -0.2) is 0 Å². The summed E-state index contributed by atoms with van der Waals surface area (Å²) in [5, 5.41) is -0.0169. The van der Waals surface area contributed by atoms with Gasteiger partial charge in [-0.15, -0.1) is 11.8 Å². The van der Waals surface area contributed by atoms with Crippen LogP contribution in [0, 0.1) is 0 Å². The van der Waals surface area contributed by atoms with Crippen molar-refractivity contribution in [3.63, 3.8) is 0 Å². The Morgan fingerprint density at radius 2 is 1.88 bits per heavy atom. The number of hydrogen-bond acceptors (Lipinski definition) is 3. The van der Waals surface area contributed by atoms with E-state index in [1.807, 2.05) is 36.1 Å². The highest BCUT2D eigenvalue weighted by atomic mass is 32.2. The number of carbonyl (C=O) groups is 1. The van der Waals surface area contributed by atoms with Gasteiger partial charge in [-0.2, -0.15) is 0 Å². The third-order valence-corrected chi connectivity index (χ3v) is 4.06. The normalized spacial score (nSPS) is 17.1. The van der Waals surface area contributed by atoms with Gasteiger partial charge in [0.2, 0.25) is 5.91 Å². The van der Waals surface area contributed by atoms with Crippen LogP contribution in [0.4, 0.5) is 5.69 Å². The van der Waals surface area contributed by atoms with Gasteiger partial charge in [-0.05, 0) is 44.0 Å². The van der Waals surface area contributed by atoms with Crippen LogP contribution in [-0.2, 0) is 4.79 Å². The molecule has 4 heteroatoms. The first-order chi connectivity index (χ1) is 8.16. The average molecular weight is 250 g/mol. The van der Waals surface area contributed by atoms with Crippen molar-refractivity contribution < 1.29 is 4.79 Å². The van der Waals surface area contributed by atoms with Gasteiger partial charge in [0.1, 0.15) is 0 Å². The van der Waals surface area contributed by atoms with Gasteiger partial charge in [-0.3, -0.25) is 4.79 Å². The fraction of sp³-hybridized carbons (Fsp3) is 0.462. The van der Waals surface area contributed by atoms with Crippen molar-refractivity contribution in [2.24, 2.45) is 0 Å². The summed E-state index contributed by atoms with van der Waals surface area (Å²) in [7, 11) is 0. The lowest BCUT2D eigenvalue weighted by Gasteiger charge is -2.19. The zero-order valence-corrected chi connectivity index (χ0v) is 10.9. The van der Waals surface area contributed by atoms with E-state index in [2.05, 4.69) is 0 Å². The van der Waals surface area contributed by atoms with Gasteiger partial charge < -0.3 is 10.6 Å². The Kier molecular flexibility index (Phi) is 3.94.